The van der Waals surface area contributed by atoms with Crippen molar-refractivity contribution >= 4 is 69.5 Å². The number of aliphatic carboxylic acids is 2. The number of fused-ring (bicyclic) bond motifs is 1. The first-order valence-electron chi connectivity index (χ1n) is 11.8. The number of thiazole rings is 1. The maximum Gasteiger partial charge on any atom is 0.430 e. The monoisotopic (exact) mass is 666 g/mol. The molecule has 0 aromatic carbocycles. The molecule has 0 radical (unpaired) electrons. The number of alkyl halides is 4. The number of thioether (sulfide) groups is 2. The van der Waals surface area contributed by atoms with E-state index in [1.807, 2.05) is 36.0 Å². The number of nitrogen functional groups attached to an aromatic ring is 1. The van der Waals surface area contributed by atoms with Crippen LogP contribution in [0.1, 0.15) is 5.69 Å². The summed E-state index contributed by atoms with van der Waals surface area (Å²) >= 11 is 3.89. The number of carbonyl (C=O) groups is 4. The molecule has 0 saturated carbocycles. The molecule has 232 valence electrons. The summed E-state index contributed by atoms with van der Waals surface area (Å²) in [5, 5.41) is 27.5. The van der Waals surface area contributed by atoms with Crippen LogP contribution in [-0.4, -0.2) is 87.5 Å². The number of nitrogens with one attached hydrogen (secondary N) is 1. The molecule has 2 atom stereocenters. The molecule has 2 aromatic rings. The first kappa shape index (κ1) is 33.6. The molecular formula is C23H22F4N6O7S3. The van der Waals surface area contributed by atoms with Crippen molar-refractivity contribution in [1.29, 1.82) is 0 Å². The van der Waals surface area contributed by atoms with E-state index in [0.717, 1.165) is 16.4 Å². The molecular weight excluding hydrogens is 644 g/mol. The molecule has 4 rings (SSSR count). The van der Waals surface area contributed by atoms with Crippen molar-refractivity contribution in [3.05, 3.63) is 46.1 Å². The van der Waals surface area contributed by atoms with Crippen LogP contribution in [0.3, 0.4) is 0 Å². The van der Waals surface area contributed by atoms with Crippen LogP contribution in [0.5, 0.6) is 0 Å². The summed E-state index contributed by atoms with van der Waals surface area (Å²) in [7, 11) is 1.89. The number of rotatable bonds is 10. The predicted octanol–water partition coefficient (Wildman–Crippen LogP) is 0.0695. The third-order valence-electron chi connectivity index (χ3n) is 5.54. The third kappa shape index (κ3) is 8.35. The van der Waals surface area contributed by atoms with E-state index in [1.54, 1.807) is 0 Å². The zero-order chi connectivity index (χ0) is 31.9. The van der Waals surface area contributed by atoms with Crippen LogP contribution in [-0.2, 0) is 31.1 Å². The van der Waals surface area contributed by atoms with Crippen molar-refractivity contribution in [3.8, 4) is 0 Å². The van der Waals surface area contributed by atoms with E-state index < -0.39 is 48.7 Å². The number of amides is 2. The quantitative estimate of drug-likeness (QED) is 0.0592. The Morgan fingerprint density at radius 1 is 1.37 bits per heavy atom. The molecule has 20 heteroatoms. The highest BCUT2D eigenvalue weighted by Crippen LogP contribution is 2.40. The number of hydrogen-bond donors (Lipinski definition) is 3. The molecule has 43 heavy (non-hydrogen) atoms. The van der Waals surface area contributed by atoms with Crippen LogP contribution < -0.4 is 20.7 Å². The number of hydrogen-bond acceptors (Lipinski definition) is 12. The van der Waals surface area contributed by atoms with E-state index in [2.05, 4.69) is 15.5 Å². The fraction of sp³-hybridized carbons (Fsp3) is 0.348. The fourth-order valence-electron chi connectivity index (χ4n) is 3.62. The standard InChI is InChI=1S/C21H21FN6O5S3.C2HF3O2/c1-27-6-3-2-4-14(27)35-10-13-17(20(31)32)28-12(9-34-13)16(19(28)30)25-18(29)15(26-33-7-5-22)11-8-36-21(23)24-11;3-2(4,5)1(6)7/h2-4,6,8,12,16H,5,7,9-10H2,1H3,(H3-,23,24,25,29,31,32);(H,6,7). The van der Waals surface area contributed by atoms with Gasteiger partial charge in [-0.3, -0.25) is 14.5 Å². The molecule has 2 aliphatic heterocycles. The number of aryl methyl sites for hydroxylation is 1. The summed E-state index contributed by atoms with van der Waals surface area (Å²) in [6, 6.07) is 4.21. The molecule has 1 fully saturated rings. The maximum absolute atomic E-state index is 13.0. The topological polar surface area (TPSA) is 191 Å². The normalized spacial score (nSPS) is 18.2. The number of carbonyl (C=O) groups excluding carboxylic acids is 3. The lowest BCUT2D eigenvalue weighted by molar-refractivity contribution is -0.708. The minimum absolute atomic E-state index is 0.0784. The SMILES string of the molecule is C[n+]1ccccc1SCC1=C(C(=O)O)N2C(=O)C(NC(=O)C(=NOCCF)c3csc(N)n3)C2CS1.O=C([O-])C(F)(F)F. The summed E-state index contributed by atoms with van der Waals surface area (Å²) in [6.45, 7) is -1.17. The zero-order valence-electron chi connectivity index (χ0n) is 21.9. The lowest BCUT2D eigenvalue weighted by Gasteiger charge is -2.49. The highest BCUT2D eigenvalue weighted by Gasteiger charge is 2.54. The highest BCUT2D eigenvalue weighted by molar-refractivity contribution is 8.06. The Bertz CT molecular complexity index is 1450. The molecule has 0 bridgehead atoms. The largest absolute Gasteiger partial charge is 0.542 e. The number of aromatic nitrogens is 2. The van der Waals surface area contributed by atoms with Gasteiger partial charge in [0.25, 0.3) is 11.8 Å². The number of nitrogens with two attached hydrogens (primary N) is 1. The van der Waals surface area contributed by atoms with Crippen molar-refractivity contribution in [2.45, 2.75) is 23.3 Å². The van der Waals surface area contributed by atoms with Crippen LogP contribution in [0.2, 0.25) is 0 Å². The van der Waals surface area contributed by atoms with Crippen molar-refractivity contribution < 1.29 is 56.4 Å². The van der Waals surface area contributed by atoms with E-state index in [1.165, 1.54) is 33.8 Å². The molecule has 0 aliphatic carbocycles. The molecule has 13 nitrogen and oxygen atoms in total. The van der Waals surface area contributed by atoms with E-state index in [0.29, 0.717) is 16.4 Å². The number of β-lactam (4-membered cyclic amide) rings is 1. The van der Waals surface area contributed by atoms with Crippen molar-refractivity contribution in [1.82, 2.24) is 15.2 Å². The summed E-state index contributed by atoms with van der Waals surface area (Å²) in [5.74, 6) is -4.74. The average Bonchev–Trinajstić information content (AvgIpc) is 3.38. The molecule has 2 aromatic heterocycles. The number of anilines is 1. The summed E-state index contributed by atoms with van der Waals surface area (Å²) in [4.78, 5) is 57.4. The minimum Gasteiger partial charge on any atom is -0.542 e. The van der Waals surface area contributed by atoms with Crippen LogP contribution in [0.15, 0.2) is 50.6 Å². The molecule has 2 amide bonds. The Labute approximate surface area is 252 Å². The number of carboxylic acid groups (broad SMARTS) is 2. The van der Waals surface area contributed by atoms with Gasteiger partial charge in [0.15, 0.2) is 17.0 Å². The van der Waals surface area contributed by atoms with Gasteiger partial charge in [0, 0.05) is 33.9 Å². The average molecular weight is 667 g/mol. The number of halogens is 4. The van der Waals surface area contributed by atoms with Crippen LogP contribution >= 0.6 is 34.9 Å². The number of pyridine rings is 1. The van der Waals surface area contributed by atoms with Crippen LogP contribution in [0, 0.1) is 0 Å². The minimum atomic E-state index is -5.19. The smallest absolute Gasteiger partial charge is 0.430 e. The number of oxime groups is 1. The van der Waals surface area contributed by atoms with Gasteiger partial charge in [-0.05, 0) is 6.07 Å². The first-order chi connectivity index (χ1) is 20.3. The zero-order valence-corrected chi connectivity index (χ0v) is 24.3. The summed E-state index contributed by atoms with van der Waals surface area (Å²) in [6.07, 6.45) is -3.30. The van der Waals surface area contributed by atoms with E-state index in [-0.39, 0.29) is 28.8 Å². The van der Waals surface area contributed by atoms with Gasteiger partial charge in [-0.15, -0.1) is 23.1 Å². The second kappa shape index (κ2) is 14.5. The molecule has 0 spiro atoms. The highest BCUT2D eigenvalue weighted by atomic mass is 32.2. The molecule has 4 heterocycles. The van der Waals surface area contributed by atoms with E-state index in [4.69, 9.17) is 20.5 Å². The van der Waals surface area contributed by atoms with Gasteiger partial charge in [0.2, 0.25) is 5.03 Å². The maximum atomic E-state index is 13.0. The van der Waals surface area contributed by atoms with E-state index in [9.17, 15) is 37.1 Å². The van der Waals surface area contributed by atoms with Crippen LogP contribution in [0.25, 0.3) is 0 Å². The number of carboxylic acids is 2. The van der Waals surface area contributed by atoms with E-state index >= 15 is 0 Å². The van der Waals surface area contributed by atoms with Gasteiger partial charge in [-0.1, -0.05) is 16.9 Å². The van der Waals surface area contributed by atoms with Crippen molar-refractivity contribution in [2.24, 2.45) is 12.2 Å². The van der Waals surface area contributed by atoms with Gasteiger partial charge < -0.3 is 30.9 Å². The molecule has 1 saturated heterocycles. The second-order valence-electron chi connectivity index (χ2n) is 8.37. The van der Waals surface area contributed by atoms with Crippen molar-refractivity contribution in [3.63, 3.8) is 0 Å². The second-order valence-corrected chi connectivity index (χ2v) is 11.4. The summed E-state index contributed by atoms with van der Waals surface area (Å²) in [5.41, 5.74) is 5.42. The predicted molar refractivity (Wildman–Crippen MR) is 144 cm³/mol. The third-order valence-corrected chi connectivity index (χ3v) is 8.74. The number of nitrogens with zero attached hydrogens (tertiary/aromatic N) is 4. The molecule has 2 aliphatic rings. The Balaban J connectivity index is 0.000000646. The van der Waals surface area contributed by atoms with Crippen molar-refractivity contribution in [2.75, 3.05) is 30.5 Å². The van der Waals surface area contributed by atoms with Gasteiger partial charge in [0.1, 0.15) is 43.7 Å². The lowest BCUT2D eigenvalue weighted by atomic mass is 9.94. The van der Waals surface area contributed by atoms with Gasteiger partial charge in [0.05, 0.1) is 6.04 Å². The first-order valence-corrected chi connectivity index (χ1v) is 14.7. The molecule has 4 N–H and O–H groups in total. The van der Waals surface area contributed by atoms with Gasteiger partial charge in [-0.25, -0.2) is 14.2 Å². The Morgan fingerprint density at radius 2 is 2.07 bits per heavy atom. The van der Waals surface area contributed by atoms with Gasteiger partial charge >= 0.3 is 12.1 Å². The molecule has 2 unspecified atom stereocenters. The Hall–Kier alpha value is -3.91. The summed E-state index contributed by atoms with van der Waals surface area (Å²) < 4.78 is 45.9. The Morgan fingerprint density at radius 3 is 2.63 bits per heavy atom. The fourth-order valence-corrected chi connectivity index (χ4v) is 6.57. The Kier molecular flexibility index (Phi) is 11.3. The van der Waals surface area contributed by atoms with Crippen LogP contribution in [0.4, 0.5) is 22.7 Å². The van der Waals surface area contributed by atoms with Gasteiger partial charge in [-0.2, -0.15) is 17.7 Å². The lowest BCUT2D eigenvalue weighted by Crippen LogP contribution is -2.73.